The van der Waals surface area contributed by atoms with Crippen LogP contribution in [-0.4, -0.2) is 34.2 Å². The van der Waals surface area contributed by atoms with E-state index in [4.69, 9.17) is 4.74 Å². The molecule has 1 amide bonds. The second-order valence-corrected chi connectivity index (χ2v) is 9.50. The Labute approximate surface area is 194 Å². The quantitative estimate of drug-likeness (QED) is 0.380. The fourth-order valence-electron chi connectivity index (χ4n) is 3.13. The summed E-state index contributed by atoms with van der Waals surface area (Å²) in [5.41, 5.74) is 4.61. The van der Waals surface area contributed by atoms with Crippen molar-refractivity contribution >= 4 is 27.8 Å². The number of methoxy groups -OCH3 is 1. The third-order valence-electron chi connectivity index (χ3n) is 4.96. The number of benzene rings is 3. The van der Waals surface area contributed by atoms with Crippen LogP contribution in [0.4, 0.5) is 5.69 Å². The SMILES string of the molecule is COc1cccc(C=NNC(=O)CN(c2ccc(C(C)C)cc2)S(=O)(=O)c2ccccc2)c1. The molecule has 0 radical (unpaired) electrons. The molecule has 33 heavy (non-hydrogen) atoms. The molecule has 0 aromatic heterocycles. The van der Waals surface area contributed by atoms with Gasteiger partial charge in [0.05, 0.1) is 23.9 Å². The summed E-state index contributed by atoms with van der Waals surface area (Å²) in [5, 5.41) is 3.95. The van der Waals surface area contributed by atoms with Crippen molar-refractivity contribution in [3.8, 4) is 5.75 Å². The van der Waals surface area contributed by atoms with Crippen LogP contribution in [-0.2, 0) is 14.8 Å². The van der Waals surface area contributed by atoms with Crippen LogP contribution >= 0.6 is 0 Å². The topological polar surface area (TPSA) is 88.1 Å². The molecule has 0 aliphatic carbocycles. The van der Waals surface area contributed by atoms with Crippen LogP contribution < -0.4 is 14.5 Å². The molecule has 0 heterocycles. The maximum Gasteiger partial charge on any atom is 0.264 e. The molecule has 1 N–H and O–H groups in total. The second kappa shape index (κ2) is 10.8. The normalized spacial score (nSPS) is 11.5. The summed E-state index contributed by atoms with van der Waals surface area (Å²) in [6.45, 7) is 3.69. The lowest BCUT2D eigenvalue weighted by Crippen LogP contribution is -2.39. The van der Waals surface area contributed by atoms with Crippen molar-refractivity contribution in [1.29, 1.82) is 0 Å². The molecule has 0 unspecified atom stereocenters. The van der Waals surface area contributed by atoms with Gasteiger partial charge in [-0.3, -0.25) is 9.10 Å². The van der Waals surface area contributed by atoms with E-state index in [9.17, 15) is 13.2 Å². The molecule has 0 saturated carbocycles. The zero-order valence-corrected chi connectivity index (χ0v) is 19.6. The van der Waals surface area contributed by atoms with E-state index >= 15 is 0 Å². The first-order chi connectivity index (χ1) is 15.8. The lowest BCUT2D eigenvalue weighted by atomic mass is 10.0. The molecule has 0 atom stereocenters. The van der Waals surface area contributed by atoms with E-state index in [1.165, 1.54) is 18.3 Å². The van der Waals surface area contributed by atoms with Gasteiger partial charge in [-0.05, 0) is 53.4 Å². The first-order valence-corrected chi connectivity index (χ1v) is 11.9. The van der Waals surface area contributed by atoms with E-state index in [1.807, 2.05) is 12.1 Å². The summed E-state index contributed by atoms with van der Waals surface area (Å²) in [6.07, 6.45) is 1.47. The highest BCUT2D eigenvalue weighted by atomic mass is 32.2. The molecule has 0 aliphatic heterocycles. The van der Waals surface area contributed by atoms with Gasteiger partial charge in [0, 0.05) is 0 Å². The minimum absolute atomic E-state index is 0.102. The van der Waals surface area contributed by atoms with Crippen molar-refractivity contribution in [2.24, 2.45) is 5.10 Å². The van der Waals surface area contributed by atoms with Crippen LogP contribution in [0.2, 0.25) is 0 Å². The molecule has 3 aromatic carbocycles. The number of amides is 1. The zero-order valence-electron chi connectivity index (χ0n) is 18.8. The number of anilines is 1. The Balaban J connectivity index is 1.83. The third kappa shape index (κ3) is 6.20. The molecule has 172 valence electrons. The van der Waals surface area contributed by atoms with Crippen molar-refractivity contribution in [3.05, 3.63) is 90.0 Å². The van der Waals surface area contributed by atoms with Crippen LogP contribution in [0.1, 0.15) is 30.9 Å². The third-order valence-corrected chi connectivity index (χ3v) is 6.75. The van der Waals surface area contributed by atoms with E-state index < -0.39 is 22.5 Å². The Hall–Kier alpha value is -3.65. The monoisotopic (exact) mass is 465 g/mol. The summed E-state index contributed by atoms with van der Waals surface area (Å²) in [5.74, 6) is 0.393. The Morgan fingerprint density at radius 1 is 1.03 bits per heavy atom. The lowest BCUT2D eigenvalue weighted by Gasteiger charge is -2.24. The highest BCUT2D eigenvalue weighted by molar-refractivity contribution is 7.92. The first-order valence-electron chi connectivity index (χ1n) is 10.4. The molecule has 0 aliphatic rings. The maximum atomic E-state index is 13.3. The standard InChI is InChI=1S/C25H27N3O4S/c1-19(2)21-12-14-22(15-13-21)28(33(30,31)24-10-5-4-6-11-24)18-25(29)27-26-17-20-8-7-9-23(16-20)32-3/h4-17,19H,18H2,1-3H3,(H,27,29). The predicted molar refractivity (Wildman–Crippen MR) is 130 cm³/mol. The van der Waals surface area contributed by atoms with Gasteiger partial charge in [-0.15, -0.1) is 0 Å². The summed E-state index contributed by atoms with van der Waals surface area (Å²) >= 11 is 0. The van der Waals surface area contributed by atoms with Gasteiger partial charge in [-0.25, -0.2) is 13.8 Å². The number of nitrogens with zero attached hydrogens (tertiary/aromatic N) is 2. The molecule has 0 spiro atoms. The Morgan fingerprint density at radius 3 is 2.36 bits per heavy atom. The number of ether oxygens (including phenoxy) is 1. The number of hydrogen-bond donors (Lipinski definition) is 1. The van der Waals surface area contributed by atoms with Crippen molar-refractivity contribution < 1.29 is 17.9 Å². The number of nitrogens with one attached hydrogen (secondary N) is 1. The minimum Gasteiger partial charge on any atom is -0.497 e. The fourth-order valence-corrected chi connectivity index (χ4v) is 4.57. The van der Waals surface area contributed by atoms with Crippen molar-refractivity contribution in [2.75, 3.05) is 18.0 Å². The van der Waals surface area contributed by atoms with Crippen LogP contribution in [0.15, 0.2) is 88.9 Å². The summed E-state index contributed by atoms with van der Waals surface area (Å²) < 4.78 is 32.9. The number of hydrogen-bond acceptors (Lipinski definition) is 5. The van der Waals surface area contributed by atoms with Gasteiger partial charge >= 0.3 is 0 Å². The molecule has 7 nitrogen and oxygen atoms in total. The Morgan fingerprint density at radius 2 is 1.73 bits per heavy atom. The molecular weight excluding hydrogens is 438 g/mol. The molecule has 3 aromatic rings. The van der Waals surface area contributed by atoms with Gasteiger partial charge in [0.15, 0.2) is 0 Å². The molecule has 0 bridgehead atoms. The predicted octanol–water partition coefficient (Wildman–Crippen LogP) is 4.16. The molecule has 0 saturated heterocycles. The van der Waals surface area contributed by atoms with E-state index in [1.54, 1.807) is 61.7 Å². The number of carbonyl (C=O) groups is 1. The number of sulfonamides is 1. The maximum absolute atomic E-state index is 13.3. The van der Waals surface area contributed by atoms with E-state index in [0.29, 0.717) is 17.4 Å². The average Bonchev–Trinajstić information content (AvgIpc) is 2.83. The molecule has 8 heteroatoms. The van der Waals surface area contributed by atoms with Crippen LogP contribution in [0.5, 0.6) is 5.75 Å². The van der Waals surface area contributed by atoms with Crippen LogP contribution in [0.25, 0.3) is 0 Å². The zero-order chi connectivity index (χ0) is 23.8. The van der Waals surface area contributed by atoms with Gasteiger partial charge in [-0.1, -0.05) is 56.3 Å². The number of rotatable bonds is 9. The van der Waals surface area contributed by atoms with Gasteiger partial charge < -0.3 is 4.74 Å². The Bertz CT molecular complexity index is 1210. The highest BCUT2D eigenvalue weighted by Crippen LogP contribution is 2.25. The van der Waals surface area contributed by atoms with Gasteiger partial charge in [0.1, 0.15) is 12.3 Å². The van der Waals surface area contributed by atoms with Crippen molar-refractivity contribution in [3.63, 3.8) is 0 Å². The summed E-state index contributed by atoms with van der Waals surface area (Å²) in [6, 6.07) is 22.4. The van der Waals surface area contributed by atoms with Gasteiger partial charge in [0.25, 0.3) is 15.9 Å². The minimum atomic E-state index is -3.96. The molecular formula is C25H27N3O4S. The molecule has 0 fully saturated rings. The average molecular weight is 466 g/mol. The summed E-state index contributed by atoms with van der Waals surface area (Å²) in [7, 11) is -2.40. The fraction of sp³-hybridized carbons (Fsp3) is 0.200. The second-order valence-electron chi connectivity index (χ2n) is 7.64. The molecule has 3 rings (SSSR count). The van der Waals surface area contributed by atoms with Crippen molar-refractivity contribution in [1.82, 2.24) is 5.43 Å². The Kier molecular flexibility index (Phi) is 7.84. The van der Waals surface area contributed by atoms with Crippen LogP contribution in [0.3, 0.4) is 0 Å². The number of hydrazone groups is 1. The van der Waals surface area contributed by atoms with Crippen LogP contribution in [0, 0.1) is 0 Å². The van der Waals surface area contributed by atoms with E-state index in [2.05, 4.69) is 24.4 Å². The number of carbonyl (C=O) groups excluding carboxylic acids is 1. The van der Waals surface area contributed by atoms with E-state index in [0.717, 1.165) is 15.4 Å². The van der Waals surface area contributed by atoms with E-state index in [-0.39, 0.29) is 4.90 Å². The first kappa shape index (κ1) is 24.0. The largest absolute Gasteiger partial charge is 0.497 e. The lowest BCUT2D eigenvalue weighted by molar-refractivity contribution is -0.119. The van der Waals surface area contributed by atoms with Crippen molar-refractivity contribution in [2.45, 2.75) is 24.7 Å². The van der Waals surface area contributed by atoms with Gasteiger partial charge in [0.2, 0.25) is 0 Å². The van der Waals surface area contributed by atoms with Gasteiger partial charge in [-0.2, -0.15) is 5.10 Å². The summed E-state index contributed by atoms with van der Waals surface area (Å²) in [4.78, 5) is 12.7. The highest BCUT2D eigenvalue weighted by Gasteiger charge is 2.27. The smallest absolute Gasteiger partial charge is 0.264 e.